The Morgan fingerprint density at radius 2 is 2.06 bits per heavy atom. The van der Waals surface area contributed by atoms with Crippen molar-refractivity contribution in [3.63, 3.8) is 0 Å². The van der Waals surface area contributed by atoms with E-state index in [9.17, 15) is 23.6 Å². The molecule has 2 aromatic carbocycles. The smallest absolute Gasteiger partial charge is 0.412 e. The third-order valence-electron chi connectivity index (χ3n) is 5.05. The number of halogens is 2. The predicted molar refractivity (Wildman–Crippen MR) is 125 cm³/mol. The third kappa shape index (κ3) is 5.35. The molecule has 2 N–H and O–H groups in total. The molecule has 0 aromatic heterocycles. The number of rotatable bonds is 7. The largest absolute Gasteiger partial charge is 0.495 e. The zero-order chi connectivity index (χ0) is 23.5. The lowest BCUT2D eigenvalue weighted by atomic mass is 10.1. The van der Waals surface area contributed by atoms with Gasteiger partial charge in [-0.3, -0.25) is 4.90 Å². The minimum absolute atomic E-state index is 0.0257. The number of amides is 1. The highest BCUT2D eigenvalue weighted by atomic mass is 79.9. The fourth-order valence-electron chi connectivity index (χ4n) is 3.61. The highest BCUT2D eigenvalue weighted by molar-refractivity contribution is 9.11. The van der Waals surface area contributed by atoms with E-state index in [1.807, 2.05) is 6.19 Å². The highest BCUT2D eigenvalue weighted by Crippen LogP contribution is 2.31. The number of nitrogens with zero attached hydrogens (tertiary/aromatic N) is 3. The lowest BCUT2D eigenvalue weighted by Crippen LogP contribution is -2.41. The van der Waals surface area contributed by atoms with Crippen molar-refractivity contribution in [2.24, 2.45) is 0 Å². The Morgan fingerprint density at radius 1 is 1.34 bits per heavy atom. The first-order chi connectivity index (χ1) is 15.2. The number of ether oxygens (including phenoxy) is 1. The van der Waals surface area contributed by atoms with Gasteiger partial charge in [0.1, 0.15) is 5.75 Å². The average Bonchev–Trinajstić information content (AvgIpc) is 3.14. The molecule has 2 atom stereocenters. The summed E-state index contributed by atoms with van der Waals surface area (Å²) in [5.41, 5.74) is 0.350. The summed E-state index contributed by atoms with van der Waals surface area (Å²) in [7, 11) is -2.43. The van der Waals surface area contributed by atoms with Crippen molar-refractivity contribution in [3.05, 3.63) is 51.4 Å². The quantitative estimate of drug-likeness (QED) is 0.474. The minimum Gasteiger partial charge on any atom is -0.495 e. The second kappa shape index (κ2) is 10.1. The molecule has 2 aromatic rings. The van der Waals surface area contributed by atoms with E-state index < -0.39 is 28.2 Å². The second-order valence-corrected chi connectivity index (χ2v) is 10.6. The number of nitrogens with one attached hydrogen (secondary N) is 1. The summed E-state index contributed by atoms with van der Waals surface area (Å²) < 4.78 is 34.8. The van der Waals surface area contributed by atoms with Crippen molar-refractivity contribution in [2.45, 2.75) is 23.4 Å². The fourth-order valence-corrected chi connectivity index (χ4v) is 6.35. The van der Waals surface area contributed by atoms with E-state index in [-0.39, 0.29) is 24.4 Å². The molecule has 1 fully saturated rings. The number of benzene rings is 2. The van der Waals surface area contributed by atoms with Crippen LogP contribution in [-0.4, -0.2) is 56.8 Å². The van der Waals surface area contributed by atoms with Gasteiger partial charge >= 0.3 is 6.09 Å². The van der Waals surface area contributed by atoms with Gasteiger partial charge in [-0.15, -0.1) is 0 Å². The maximum atomic E-state index is 12.9. The molecule has 0 spiro atoms. The topological polar surface area (TPSA) is 123 Å². The summed E-state index contributed by atoms with van der Waals surface area (Å²) >= 11 is 6.53. The Labute approximate surface area is 202 Å². The van der Waals surface area contributed by atoms with Crippen LogP contribution in [0.2, 0.25) is 0 Å². The maximum absolute atomic E-state index is 12.9. The highest BCUT2D eigenvalue weighted by Gasteiger charge is 2.37. The van der Waals surface area contributed by atoms with Crippen molar-refractivity contribution in [1.29, 1.82) is 5.26 Å². The Kier molecular flexibility index (Phi) is 7.66. The first kappa shape index (κ1) is 24.3. The van der Waals surface area contributed by atoms with Crippen LogP contribution >= 0.6 is 31.9 Å². The molecule has 0 unspecified atom stereocenters. The average molecular weight is 588 g/mol. The van der Waals surface area contributed by atoms with Crippen molar-refractivity contribution in [1.82, 2.24) is 9.62 Å². The van der Waals surface area contributed by atoms with Crippen molar-refractivity contribution >= 4 is 53.7 Å². The summed E-state index contributed by atoms with van der Waals surface area (Å²) in [4.78, 5) is 14.5. The van der Waals surface area contributed by atoms with Gasteiger partial charge in [-0.1, -0.05) is 28.1 Å². The summed E-state index contributed by atoms with van der Waals surface area (Å²) in [5.74, 6) is 0.383. The molecule has 0 radical (unpaired) electrons. The van der Waals surface area contributed by atoms with E-state index in [0.29, 0.717) is 20.4 Å². The number of sulfonamides is 1. The second-order valence-electron chi connectivity index (χ2n) is 7.10. The van der Waals surface area contributed by atoms with Crippen LogP contribution in [0.3, 0.4) is 0 Å². The lowest BCUT2D eigenvalue weighted by molar-refractivity contribution is 0.199. The van der Waals surface area contributed by atoms with E-state index >= 15 is 0 Å². The van der Waals surface area contributed by atoms with Gasteiger partial charge in [0.05, 0.1) is 30.3 Å². The Balaban J connectivity index is 1.80. The molecule has 0 bridgehead atoms. The lowest BCUT2D eigenvalue weighted by Gasteiger charge is -2.27. The third-order valence-corrected chi connectivity index (χ3v) is 8.06. The monoisotopic (exact) mass is 586 g/mol. The normalized spacial score (nSPS) is 18.2. The van der Waals surface area contributed by atoms with Crippen molar-refractivity contribution in [2.75, 3.05) is 25.1 Å². The summed E-state index contributed by atoms with van der Waals surface area (Å²) in [6.45, 7) is 0.105. The Morgan fingerprint density at radius 3 is 2.72 bits per heavy atom. The van der Waals surface area contributed by atoms with Crippen LogP contribution < -0.4 is 14.4 Å². The molecule has 1 heterocycles. The number of carboxylic acid groups (broad SMARTS) is 1. The zero-order valence-electron chi connectivity index (χ0n) is 16.9. The van der Waals surface area contributed by atoms with Crippen LogP contribution in [0.5, 0.6) is 5.75 Å². The van der Waals surface area contributed by atoms with Gasteiger partial charge in [0.25, 0.3) is 0 Å². The number of nitriles is 1. The Hall–Kier alpha value is -2.33. The number of hydrogen-bond acceptors (Lipinski definition) is 6. The first-order valence-electron chi connectivity index (χ1n) is 9.43. The molecule has 1 amide bonds. The number of methoxy groups -OCH3 is 1. The summed E-state index contributed by atoms with van der Waals surface area (Å²) in [6.07, 6.45) is 1.11. The van der Waals surface area contributed by atoms with Gasteiger partial charge in [0.2, 0.25) is 10.0 Å². The molecular formula is C20H20Br2N4O5S. The molecular weight excluding hydrogens is 568 g/mol. The van der Waals surface area contributed by atoms with Crippen LogP contribution in [0.15, 0.2) is 56.3 Å². The van der Waals surface area contributed by atoms with Crippen molar-refractivity contribution in [3.8, 4) is 11.9 Å². The van der Waals surface area contributed by atoms with E-state index in [1.54, 1.807) is 36.4 Å². The number of hydrogen-bond donors (Lipinski definition) is 2. The minimum atomic E-state index is -3.87. The van der Waals surface area contributed by atoms with Gasteiger partial charge in [-0.2, -0.15) is 5.26 Å². The fraction of sp³-hybridized carbons (Fsp3) is 0.300. The molecule has 170 valence electrons. The van der Waals surface area contributed by atoms with E-state index in [2.05, 4.69) is 36.6 Å². The molecule has 1 aliphatic rings. The summed E-state index contributed by atoms with van der Waals surface area (Å²) in [5, 5.41) is 19.3. The molecule has 32 heavy (non-hydrogen) atoms. The van der Waals surface area contributed by atoms with Crippen molar-refractivity contribution < 1.29 is 23.1 Å². The molecule has 1 aliphatic heterocycles. The molecule has 0 aliphatic carbocycles. The van der Waals surface area contributed by atoms with E-state index in [0.717, 1.165) is 4.90 Å². The van der Waals surface area contributed by atoms with Crippen LogP contribution in [0.4, 0.5) is 10.5 Å². The molecule has 1 saturated heterocycles. The first-order valence-corrected chi connectivity index (χ1v) is 12.5. The SMILES string of the molecule is COc1ccccc1N(C[C@H]1C[C@@H](NS(=O)(=O)c2cc(Br)ccc2Br)CN1C#N)C(=O)O. The standard InChI is InChI=1S/C20H20Br2N4O5S/c1-31-18-5-3-2-4-17(18)26(20(27)28)11-15-9-14(10-25(15)12-23)24-32(29,30)19-8-13(21)6-7-16(19)22/h2-8,14-15,24H,9-11H2,1H3,(H,27,28)/t14-,15-/m1/s1. The molecule has 3 rings (SSSR count). The number of para-hydroxylation sites is 2. The van der Waals surface area contributed by atoms with Gasteiger partial charge in [-0.05, 0) is 52.7 Å². The maximum Gasteiger partial charge on any atom is 0.412 e. The molecule has 0 saturated carbocycles. The van der Waals surface area contributed by atoms with Gasteiger partial charge in [-0.25, -0.2) is 17.9 Å². The van der Waals surface area contributed by atoms with Gasteiger partial charge in [0.15, 0.2) is 6.19 Å². The summed E-state index contributed by atoms with van der Waals surface area (Å²) in [6, 6.07) is 10.4. The molecule has 12 heteroatoms. The van der Waals surface area contributed by atoms with Crippen LogP contribution in [0.25, 0.3) is 0 Å². The Bertz CT molecular complexity index is 1150. The van der Waals surface area contributed by atoms with Crippen LogP contribution in [0, 0.1) is 11.5 Å². The number of anilines is 1. The van der Waals surface area contributed by atoms with Crippen LogP contribution in [0.1, 0.15) is 6.42 Å². The van der Waals surface area contributed by atoms with E-state index in [4.69, 9.17) is 4.74 Å². The molecule has 9 nitrogen and oxygen atoms in total. The van der Waals surface area contributed by atoms with E-state index in [1.165, 1.54) is 18.1 Å². The van der Waals surface area contributed by atoms with Gasteiger partial charge < -0.3 is 14.7 Å². The number of carbonyl (C=O) groups is 1. The predicted octanol–water partition coefficient (Wildman–Crippen LogP) is 3.61. The zero-order valence-corrected chi connectivity index (χ0v) is 20.9. The van der Waals surface area contributed by atoms with Gasteiger partial charge in [0, 0.05) is 21.5 Å². The van der Waals surface area contributed by atoms with Crippen LogP contribution in [-0.2, 0) is 10.0 Å². The number of likely N-dealkylation sites (tertiary alicyclic amines) is 1.